The average Bonchev–Trinajstić information content (AvgIpc) is 2.24. The molecular formula is C11H14ClN3O3. The van der Waals surface area contributed by atoms with Crippen LogP contribution in [0.5, 0.6) is 0 Å². The molecule has 0 bridgehead atoms. The van der Waals surface area contributed by atoms with Gasteiger partial charge in [-0.25, -0.2) is 0 Å². The summed E-state index contributed by atoms with van der Waals surface area (Å²) < 4.78 is 0. The van der Waals surface area contributed by atoms with Crippen LogP contribution in [-0.4, -0.2) is 22.9 Å². The van der Waals surface area contributed by atoms with Crippen LogP contribution in [0.15, 0.2) is 18.2 Å². The Bertz CT molecular complexity index is 483. The van der Waals surface area contributed by atoms with Gasteiger partial charge in [-0.15, -0.1) is 0 Å². The number of nitro benzene ring substituents is 1. The number of nitrogens with one attached hydrogen (secondary N) is 1. The Morgan fingerprint density at radius 3 is 2.61 bits per heavy atom. The number of nitrogens with zero attached hydrogens (tertiary/aromatic N) is 1. The fourth-order valence-corrected chi connectivity index (χ4v) is 1.47. The number of hydrogen-bond donors (Lipinski definition) is 2. The maximum atomic E-state index is 11.8. The summed E-state index contributed by atoms with van der Waals surface area (Å²) in [5, 5.41) is 13.2. The zero-order chi connectivity index (χ0) is 13.9. The third-order valence-corrected chi connectivity index (χ3v) is 2.43. The quantitative estimate of drug-likeness (QED) is 0.643. The number of benzene rings is 1. The van der Waals surface area contributed by atoms with Crippen LogP contribution in [0.1, 0.15) is 24.2 Å². The third-order valence-electron chi connectivity index (χ3n) is 2.11. The van der Waals surface area contributed by atoms with Gasteiger partial charge in [-0.05, 0) is 19.9 Å². The first-order chi connectivity index (χ1) is 8.20. The molecule has 0 aliphatic rings. The molecule has 1 rings (SSSR count). The maximum absolute atomic E-state index is 11.8. The zero-order valence-corrected chi connectivity index (χ0v) is 10.8. The Labute approximate surface area is 109 Å². The molecule has 1 amide bonds. The van der Waals surface area contributed by atoms with Crippen molar-refractivity contribution in [2.45, 2.75) is 19.4 Å². The van der Waals surface area contributed by atoms with E-state index in [1.165, 1.54) is 12.1 Å². The lowest BCUT2D eigenvalue weighted by atomic mass is 10.1. The summed E-state index contributed by atoms with van der Waals surface area (Å²) in [6, 6.07) is 3.69. The predicted molar refractivity (Wildman–Crippen MR) is 68.7 cm³/mol. The van der Waals surface area contributed by atoms with Crippen LogP contribution in [0.4, 0.5) is 5.69 Å². The van der Waals surface area contributed by atoms with Crippen LogP contribution in [-0.2, 0) is 0 Å². The molecule has 0 saturated heterocycles. The lowest BCUT2D eigenvalue weighted by molar-refractivity contribution is -0.384. The fourth-order valence-electron chi connectivity index (χ4n) is 1.21. The van der Waals surface area contributed by atoms with E-state index in [-0.39, 0.29) is 22.8 Å². The number of hydrogen-bond acceptors (Lipinski definition) is 4. The van der Waals surface area contributed by atoms with E-state index in [0.717, 1.165) is 6.07 Å². The van der Waals surface area contributed by atoms with E-state index in [9.17, 15) is 14.9 Å². The summed E-state index contributed by atoms with van der Waals surface area (Å²) in [7, 11) is 0. The van der Waals surface area contributed by atoms with E-state index in [1.54, 1.807) is 13.8 Å². The van der Waals surface area contributed by atoms with E-state index < -0.39 is 16.4 Å². The van der Waals surface area contributed by atoms with E-state index in [4.69, 9.17) is 17.3 Å². The minimum Gasteiger partial charge on any atom is -0.350 e. The first-order valence-corrected chi connectivity index (χ1v) is 5.59. The summed E-state index contributed by atoms with van der Waals surface area (Å²) in [6.45, 7) is 3.81. The summed E-state index contributed by atoms with van der Waals surface area (Å²) in [6.07, 6.45) is 0. The predicted octanol–water partition coefficient (Wildman–Crippen LogP) is 1.72. The van der Waals surface area contributed by atoms with Crippen molar-refractivity contribution >= 4 is 23.2 Å². The molecule has 0 unspecified atom stereocenters. The highest BCUT2D eigenvalue weighted by Crippen LogP contribution is 2.22. The largest absolute Gasteiger partial charge is 0.350 e. The molecule has 3 N–H and O–H groups in total. The monoisotopic (exact) mass is 271 g/mol. The standard InChI is InChI=1S/C11H14ClN3O3/c1-11(2,13)6-14-10(16)8-4-3-7(15(17)18)5-9(8)12/h3-5H,6,13H2,1-2H3,(H,14,16). The molecular weight excluding hydrogens is 258 g/mol. The van der Waals surface area contributed by atoms with Gasteiger partial charge in [0.15, 0.2) is 0 Å². The smallest absolute Gasteiger partial charge is 0.270 e. The number of nitrogens with two attached hydrogens (primary N) is 1. The number of carbonyl (C=O) groups is 1. The highest BCUT2D eigenvalue weighted by atomic mass is 35.5. The molecule has 1 aromatic carbocycles. The molecule has 0 saturated carbocycles. The van der Waals surface area contributed by atoms with Crippen LogP contribution >= 0.6 is 11.6 Å². The van der Waals surface area contributed by atoms with E-state index >= 15 is 0 Å². The van der Waals surface area contributed by atoms with Gasteiger partial charge < -0.3 is 11.1 Å². The summed E-state index contributed by atoms with van der Waals surface area (Å²) >= 11 is 5.82. The molecule has 0 spiro atoms. The second-order valence-corrected chi connectivity index (χ2v) is 5.00. The zero-order valence-electron chi connectivity index (χ0n) is 10.1. The second kappa shape index (κ2) is 5.32. The van der Waals surface area contributed by atoms with E-state index in [1.807, 2.05) is 0 Å². The molecule has 0 aliphatic heterocycles. The normalized spacial score (nSPS) is 11.1. The molecule has 1 aromatic rings. The van der Waals surface area contributed by atoms with Gasteiger partial charge in [0.05, 0.1) is 15.5 Å². The van der Waals surface area contributed by atoms with Crippen molar-refractivity contribution in [1.82, 2.24) is 5.32 Å². The van der Waals surface area contributed by atoms with Crippen LogP contribution in [0.2, 0.25) is 5.02 Å². The number of nitro groups is 1. The number of halogens is 1. The van der Waals surface area contributed by atoms with Crippen LogP contribution in [0, 0.1) is 10.1 Å². The molecule has 0 radical (unpaired) electrons. The van der Waals surface area contributed by atoms with Gasteiger partial charge in [0.2, 0.25) is 0 Å². The van der Waals surface area contributed by atoms with Crippen molar-refractivity contribution in [3.63, 3.8) is 0 Å². The Hall–Kier alpha value is -1.66. The van der Waals surface area contributed by atoms with Gasteiger partial charge in [-0.1, -0.05) is 11.6 Å². The second-order valence-electron chi connectivity index (χ2n) is 4.59. The summed E-state index contributed by atoms with van der Waals surface area (Å²) in [5.41, 5.74) is 5.22. The topological polar surface area (TPSA) is 98.3 Å². The maximum Gasteiger partial charge on any atom is 0.270 e. The average molecular weight is 272 g/mol. The highest BCUT2D eigenvalue weighted by Gasteiger charge is 2.17. The molecule has 0 atom stereocenters. The van der Waals surface area contributed by atoms with E-state index in [0.29, 0.717) is 0 Å². The van der Waals surface area contributed by atoms with Crippen LogP contribution < -0.4 is 11.1 Å². The molecule has 7 heteroatoms. The van der Waals surface area contributed by atoms with Crippen molar-refractivity contribution in [3.8, 4) is 0 Å². The van der Waals surface area contributed by atoms with Crippen LogP contribution in [0.3, 0.4) is 0 Å². The Kier molecular flexibility index (Phi) is 4.26. The van der Waals surface area contributed by atoms with Crippen molar-refractivity contribution < 1.29 is 9.72 Å². The molecule has 0 aromatic heterocycles. The fraction of sp³-hybridized carbons (Fsp3) is 0.364. The SMILES string of the molecule is CC(C)(N)CNC(=O)c1ccc([N+](=O)[O-])cc1Cl. The van der Waals surface area contributed by atoms with Gasteiger partial charge in [-0.3, -0.25) is 14.9 Å². The first kappa shape index (κ1) is 14.4. The van der Waals surface area contributed by atoms with E-state index in [2.05, 4.69) is 5.32 Å². The Morgan fingerprint density at radius 2 is 2.17 bits per heavy atom. The number of carbonyl (C=O) groups excluding carboxylic acids is 1. The number of amides is 1. The molecule has 98 valence electrons. The summed E-state index contributed by atoms with van der Waals surface area (Å²) in [4.78, 5) is 21.7. The Balaban J connectivity index is 2.84. The van der Waals surface area contributed by atoms with Crippen LogP contribution in [0.25, 0.3) is 0 Å². The molecule has 18 heavy (non-hydrogen) atoms. The lowest BCUT2D eigenvalue weighted by Crippen LogP contribution is -2.45. The molecule has 0 aliphatic carbocycles. The minimum absolute atomic E-state index is 0.0385. The van der Waals surface area contributed by atoms with Crippen molar-refractivity contribution in [2.75, 3.05) is 6.54 Å². The summed E-state index contributed by atoms with van der Waals surface area (Å²) in [5.74, 6) is -0.409. The van der Waals surface area contributed by atoms with Crippen molar-refractivity contribution in [3.05, 3.63) is 38.9 Å². The van der Waals surface area contributed by atoms with Gasteiger partial charge >= 0.3 is 0 Å². The third kappa shape index (κ3) is 3.97. The van der Waals surface area contributed by atoms with Gasteiger partial charge in [-0.2, -0.15) is 0 Å². The lowest BCUT2D eigenvalue weighted by Gasteiger charge is -2.19. The van der Waals surface area contributed by atoms with Crippen molar-refractivity contribution in [1.29, 1.82) is 0 Å². The van der Waals surface area contributed by atoms with Gasteiger partial charge in [0, 0.05) is 24.2 Å². The molecule has 0 heterocycles. The minimum atomic E-state index is -0.573. The number of non-ortho nitro benzene ring substituents is 1. The Morgan fingerprint density at radius 1 is 1.56 bits per heavy atom. The number of rotatable bonds is 4. The molecule has 0 fully saturated rings. The first-order valence-electron chi connectivity index (χ1n) is 5.22. The molecule has 6 nitrogen and oxygen atoms in total. The highest BCUT2D eigenvalue weighted by molar-refractivity contribution is 6.34. The van der Waals surface area contributed by atoms with Gasteiger partial charge in [0.1, 0.15) is 0 Å². The van der Waals surface area contributed by atoms with Gasteiger partial charge in [0.25, 0.3) is 11.6 Å². The van der Waals surface area contributed by atoms with Crippen molar-refractivity contribution in [2.24, 2.45) is 5.73 Å².